The monoisotopic (exact) mass is 278 g/mol. The molecule has 4 nitrogen and oxygen atoms in total. The molecule has 2 N–H and O–H groups in total. The molecule has 1 atom stereocenters. The summed E-state index contributed by atoms with van der Waals surface area (Å²) in [5, 5.41) is 13.0. The largest absolute Gasteiger partial charge is 0.394 e. The standard InChI is InChI=1S/C16H26N2O2/c1-12(2)17-9-14-8-13(3)4-5-16(14)18-6-7-20-11-15(18)10-19/h4-5,8,12,15,17,19H,6-7,9-11H2,1-3H3. The first-order valence-electron chi connectivity index (χ1n) is 7.40. The highest BCUT2D eigenvalue weighted by Gasteiger charge is 2.24. The van der Waals surface area contributed by atoms with E-state index in [9.17, 15) is 5.11 Å². The minimum absolute atomic E-state index is 0.0595. The molecule has 0 spiro atoms. The fourth-order valence-corrected chi connectivity index (χ4v) is 2.57. The Balaban J connectivity index is 2.24. The molecule has 0 radical (unpaired) electrons. The molecule has 0 amide bonds. The molecular formula is C16H26N2O2. The summed E-state index contributed by atoms with van der Waals surface area (Å²) in [4.78, 5) is 2.28. The van der Waals surface area contributed by atoms with E-state index in [1.54, 1.807) is 0 Å². The highest BCUT2D eigenvalue weighted by atomic mass is 16.5. The van der Waals surface area contributed by atoms with Gasteiger partial charge in [-0.15, -0.1) is 0 Å². The van der Waals surface area contributed by atoms with Crippen LogP contribution in [-0.2, 0) is 11.3 Å². The van der Waals surface area contributed by atoms with E-state index < -0.39 is 0 Å². The Bertz CT molecular complexity index is 434. The smallest absolute Gasteiger partial charge is 0.0755 e. The number of morpholine rings is 1. The third-order valence-electron chi connectivity index (χ3n) is 3.68. The van der Waals surface area contributed by atoms with Crippen molar-refractivity contribution in [2.75, 3.05) is 31.3 Å². The van der Waals surface area contributed by atoms with Crippen molar-refractivity contribution >= 4 is 5.69 Å². The minimum Gasteiger partial charge on any atom is -0.394 e. The molecular weight excluding hydrogens is 252 g/mol. The van der Waals surface area contributed by atoms with Crippen molar-refractivity contribution in [2.45, 2.75) is 39.4 Å². The fourth-order valence-electron chi connectivity index (χ4n) is 2.57. The second-order valence-corrected chi connectivity index (χ2v) is 5.77. The first kappa shape index (κ1) is 15.3. The summed E-state index contributed by atoms with van der Waals surface area (Å²) in [6.07, 6.45) is 0. The SMILES string of the molecule is Cc1ccc(N2CCOCC2CO)c(CNC(C)C)c1. The molecule has 112 valence electrons. The summed E-state index contributed by atoms with van der Waals surface area (Å²) >= 11 is 0. The number of nitrogens with one attached hydrogen (secondary N) is 1. The highest BCUT2D eigenvalue weighted by Crippen LogP contribution is 2.25. The lowest BCUT2D eigenvalue weighted by atomic mass is 10.1. The van der Waals surface area contributed by atoms with Crippen molar-refractivity contribution in [1.29, 1.82) is 0 Å². The van der Waals surface area contributed by atoms with Gasteiger partial charge in [0.2, 0.25) is 0 Å². The van der Waals surface area contributed by atoms with Crippen LogP contribution in [0.25, 0.3) is 0 Å². The summed E-state index contributed by atoms with van der Waals surface area (Å²) in [6.45, 7) is 9.56. The molecule has 1 aliphatic rings. The van der Waals surface area contributed by atoms with E-state index in [0.29, 0.717) is 12.6 Å². The van der Waals surface area contributed by atoms with Crippen LogP contribution in [0, 0.1) is 6.92 Å². The Labute approximate surface area is 121 Å². The first-order valence-corrected chi connectivity index (χ1v) is 7.40. The van der Waals surface area contributed by atoms with Crippen LogP contribution in [0.3, 0.4) is 0 Å². The number of ether oxygens (including phenoxy) is 1. The summed E-state index contributed by atoms with van der Waals surface area (Å²) in [7, 11) is 0. The van der Waals surface area contributed by atoms with Crippen LogP contribution in [0.1, 0.15) is 25.0 Å². The van der Waals surface area contributed by atoms with Gasteiger partial charge in [0.15, 0.2) is 0 Å². The van der Waals surface area contributed by atoms with E-state index in [4.69, 9.17) is 4.74 Å². The number of aryl methyl sites for hydroxylation is 1. The molecule has 0 aromatic heterocycles. The average molecular weight is 278 g/mol. The minimum atomic E-state index is 0.0595. The van der Waals surface area contributed by atoms with E-state index >= 15 is 0 Å². The van der Waals surface area contributed by atoms with Crippen LogP contribution in [0.2, 0.25) is 0 Å². The summed E-state index contributed by atoms with van der Waals surface area (Å²) in [6, 6.07) is 7.05. The van der Waals surface area contributed by atoms with Gasteiger partial charge in [0.1, 0.15) is 0 Å². The number of hydrogen-bond donors (Lipinski definition) is 2. The maximum atomic E-state index is 9.55. The van der Waals surface area contributed by atoms with Crippen molar-refractivity contribution in [3.8, 4) is 0 Å². The Morgan fingerprint density at radius 2 is 2.25 bits per heavy atom. The van der Waals surface area contributed by atoms with Crippen LogP contribution in [0.4, 0.5) is 5.69 Å². The van der Waals surface area contributed by atoms with Gasteiger partial charge in [-0.05, 0) is 18.6 Å². The van der Waals surface area contributed by atoms with Crippen LogP contribution < -0.4 is 10.2 Å². The third-order valence-corrected chi connectivity index (χ3v) is 3.68. The van der Waals surface area contributed by atoms with Crippen molar-refractivity contribution < 1.29 is 9.84 Å². The normalized spacial score (nSPS) is 19.6. The molecule has 0 aliphatic carbocycles. The second kappa shape index (κ2) is 7.07. The molecule has 0 bridgehead atoms. The molecule has 2 rings (SSSR count). The Kier molecular flexibility index (Phi) is 5.40. The van der Waals surface area contributed by atoms with Gasteiger partial charge in [-0.1, -0.05) is 31.5 Å². The van der Waals surface area contributed by atoms with Crippen LogP contribution >= 0.6 is 0 Å². The van der Waals surface area contributed by atoms with E-state index in [1.807, 2.05) is 0 Å². The first-order chi connectivity index (χ1) is 9.61. The zero-order valence-corrected chi connectivity index (χ0v) is 12.7. The molecule has 1 fully saturated rings. The molecule has 20 heavy (non-hydrogen) atoms. The summed E-state index contributed by atoms with van der Waals surface area (Å²) < 4.78 is 5.47. The Morgan fingerprint density at radius 1 is 1.45 bits per heavy atom. The number of anilines is 1. The van der Waals surface area contributed by atoms with E-state index in [-0.39, 0.29) is 12.6 Å². The quantitative estimate of drug-likeness (QED) is 0.860. The van der Waals surface area contributed by atoms with Gasteiger partial charge in [0.25, 0.3) is 0 Å². The highest BCUT2D eigenvalue weighted by molar-refractivity contribution is 5.56. The number of benzene rings is 1. The van der Waals surface area contributed by atoms with Gasteiger partial charge in [0.05, 0.1) is 25.9 Å². The van der Waals surface area contributed by atoms with E-state index in [0.717, 1.165) is 19.7 Å². The average Bonchev–Trinajstić information content (AvgIpc) is 2.45. The Morgan fingerprint density at radius 3 is 2.95 bits per heavy atom. The summed E-state index contributed by atoms with van der Waals surface area (Å²) in [5.74, 6) is 0. The molecule has 1 unspecified atom stereocenters. The van der Waals surface area contributed by atoms with E-state index in [2.05, 4.69) is 49.2 Å². The van der Waals surface area contributed by atoms with Crippen LogP contribution in [0.15, 0.2) is 18.2 Å². The number of aliphatic hydroxyl groups excluding tert-OH is 1. The molecule has 1 heterocycles. The lowest BCUT2D eigenvalue weighted by molar-refractivity contribution is 0.0726. The van der Waals surface area contributed by atoms with Gasteiger partial charge in [0, 0.05) is 24.8 Å². The topological polar surface area (TPSA) is 44.7 Å². The zero-order valence-electron chi connectivity index (χ0n) is 12.7. The molecule has 0 saturated carbocycles. The van der Waals surface area contributed by atoms with Crippen molar-refractivity contribution in [3.05, 3.63) is 29.3 Å². The zero-order chi connectivity index (χ0) is 14.5. The maximum Gasteiger partial charge on any atom is 0.0755 e. The Hall–Kier alpha value is -1.10. The predicted molar refractivity (Wildman–Crippen MR) is 82.2 cm³/mol. The van der Waals surface area contributed by atoms with E-state index in [1.165, 1.54) is 16.8 Å². The summed E-state index contributed by atoms with van der Waals surface area (Å²) in [5.41, 5.74) is 3.77. The molecule has 1 aromatic carbocycles. The van der Waals surface area contributed by atoms with Crippen molar-refractivity contribution in [1.82, 2.24) is 5.32 Å². The number of rotatable bonds is 5. The van der Waals surface area contributed by atoms with Crippen molar-refractivity contribution in [2.24, 2.45) is 0 Å². The van der Waals surface area contributed by atoms with Gasteiger partial charge < -0.3 is 20.1 Å². The molecule has 1 aromatic rings. The van der Waals surface area contributed by atoms with Crippen molar-refractivity contribution in [3.63, 3.8) is 0 Å². The van der Waals surface area contributed by atoms with Gasteiger partial charge in [-0.3, -0.25) is 0 Å². The third kappa shape index (κ3) is 3.72. The molecule has 1 aliphatic heterocycles. The fraction of sp³-hybridized carbons (Fsp3) is 0.625. The number of hydrogen-bond acceptors (Lipinski definition) is 4. The van der Waals surface area contributed by atoms with Gasteiger partial charge in [-0.25, -0.2) is 0 Å². The molecule has 4 heteroatoms. The molecule has 1 saturated heterocycles. The maximum absolute atomic E-state index is 9.55. The van der Waals surface area contributed by atoms with Crippen LogP contribution in [0.5, 0.6) is 0 Å². The van der Waals surface area contributed by atoms with Crippen LogP contribution in [-0.4, -0.2) is 43.6 Å². The van der Waals surface area contributed by atoms with Gasteiger partial charge in [-0.2, -0.15) is 0 Å². The second-order valence-electron chi connectivity index (χ2n) is 5.77. The number of aliphatic hydroxyl groups is 1. The predicted octanol–water partition coefficient (Wildman–Crippen LogP) is 1.69. The number of nitrogens with zero attached hydrogens (tertiary/aromatic N) is 1. The van der Waals surface area contributed by atoms with Gasteiger partial charge >= 0.3 is 0 Å². The lowest BCUT2D eigenvalue weighted by Gasteiger charge is -2.37. The lowest BCUT2D eigenvalue weighted by Crippen LogP contribution is -2.48.